The molecule has 0 unspecified atom stereocenters. The van der Waals surface area contributed by atoms with Gasteiger partial charge >= 0.3 is 5.97 Å². The summed E-state index contributed by atoms with van der Waals surface area (Å²) in [6.45, 7) is 0.578. The molecule has 1 N–H and O–H groups in total. The van der Waals surface area contributed by atoms with Gasteiger partial charge in [0.05, 0.1) is 31.8 Å². The molecule has 1 amide bonds. The Morgan fingerprint density at radius 2 is 1.87 bits per heavy atom. The van der Waals surface area contributed by atoms with Gasteiger partial charge in [-0.2, -0.15) is 0 Å². The van der Waals surface area contributed by atoms with E-state index < -0.39 is 5.97 Å². The Morgan fingerprint density at radius 3 is 2.60 bits per heavy atom. The lowest BCUT2D eigenvalue weighted by Crippen LogP contribution is -2.20. The molecule has 0 aliphatic heterocycles. The predicted octanol–water partition coefficient (Wildman–Crippen LogP) is 4.61. The first-order valence-corrected chi connectivity index (χ1v) is 10.2. The first-order chi connectivity index (χ1) is 14.6. The monoisotopic (exact) mass is 406 g/mol. The van der Waals surface area contributed by atoms with Crippen LogP contribution < -0.4 is 10.1 Å². The molecule has 6 nitrogen and oxygen atoms in total. The van der Waals surface area contributed by atoms with E-state index in [1.165, 1.54) is 7.11 Å². The average Bonchev–Trinajstić information content (AvgIpc) is 3.44. The predicted molar refractivity (Wildman–Crippen MR) is 116 cm³/mol. The lowest BCUT2D eigenvalue weighted by molar-refractivity contribution is -0.119. The number of rotatable bonds is 6. The molecule has 1 fully saturated rings. The van der Waals surface area contributed by atoms with Crippen LogP contribution in [0.4, 0.5) is 5.69 Å². The summed E-state index contributed by atoms with van der Waals surface area (Å²) < 4.78 is 12.4. The zero-order valence-corrected chi connectivity index (χ0v) is 17.3. The van der Waals surface area contributed by atoms with Crippen molar-refractivity contribution in [1.29, 1.82) is 0 Å². The molecular weight excluding hydrogens is 380 g/mol. The fraction of sp³-hybridized carbons (Fsp3) is 0.333. The number of hydrogen-bond acceptors (Lipinski definition) is 4. The van der Waals surface area contributed by atoms with E-state index in [0.29, 0.717) is 17.9 Å². The first-order valence-electron chi connectivity index (χ1n) is 10.2. The van der Waals surface area contributed by atoms with Crippen LogP contribution in [0.1, 0.15) is 41.6 Å². The van der Waals surface area contributed by atoms with Crippen molar-refractivity contribution in [2.45, 2.75) is 32.2 Å². The number of amides is 1. The zero-order chi connectivity index (χ0) is 21.1. The Hall–Kier alpha value is -3.28. The van der Waals surface area contributed by atoms with Gasteiger partial charge in [0.25, 0.3) is 0 Å². The second-order valence-electron chi connectivity index (χ2n) is 7.71. The summed E-state index contributed by atoms with van der Waals surface area (Å²) in [5.74, 6) is 0.481. The van der Waals surface area contributed by atoms with Crippen LogP contribution in [0.5, 0.6) is 5.75 Å². The maximum atomic E-state index is 12.5. The lowest BCUT2D eigenvalue weighted by Gasteiger charge is -2.13. The van der Waals surface area contributed by atoms with E-state index in [0.717, 1.165) is 47.8 Å². The molecule has 0 spiro atoms. The third kappa shape index (κ3) is 4.03. The molecule has 0 bridgehead atoms. The van der Waals surface area contributed by atoms with E-state index >= 15 is 0 Å². The van der Waals surface area contributed by atoms with Crippen molar-refractivity contribution < 1.29 is 19.1 Å². The Bertz CT molecular complexity index is 1080. The number of aromatic nitrogens is 1. The van der Waals surface area contributed by atoms with Gasteiger partial charge in [-0.15, -0.1) is 0 Å². The van der Waals surface area contributed by atoms with Gasteiger partial charge < -0.3 is 19.4 Å². The van der Waals surface area contributed by atoms with Crippen molar-refractivity contribution in [3.05, 3.63) is 59.8 Å². The minimum absolute atomic E-state index is 0.116. The summed E-state index contributed by atoms with van der Waals surface area (Å²) in [5.41, 5.74) is 3.24. The molecule has 6 heteroatoms. The summed E-state index contributed by atoms with van der Waals surface area (Å²) in [6.07, 6.45) is 6.24. The fourth-order valence-corrected chi connectivity index (χ4v) is 4.14. The third-order valence-electron chi connectivity index (χ3n) is 5.82. The fourth-order valence-electron chi connectivity index (χ4n) is 4.14. The minimum Gasteiger partial charge on any atom is -0.496 e. The average molecular weight is 406 g/mol. The second-order valence-corrected chi connectivity index (χ2v) is 7.71. The number of hydrogen-bond donors (Lipinski definition) is 1. The van der Waals surface area contributed by atoms with Gasteiger partial charge in [0, 0.05) is 23.4 Å². The topological polar surface area (TPSA) is 69.6 Å². The molecule has 4 rings (SSSR count). The van der Waals surface area contributed by atoms with Crippen LogP contribution in [0.2, 0.25) is 0 Å². The quantitative estimate of drug-likeness (QED) is 0.607. The van der Waals surface area contributed by atoms with Crippen LogP contribution in [0.25, 0.3) is 10.9 Å². The van der Waals surface area contributed by atoms with Crippen molar-refractivity contribution in [3.8, 4) is 5.75 Å². The minimum atomic E-state index is -0.395. The number of nitrogens with one attached hydrogen (secondary N) is 1. The van der Waals surface area contributed by atoms with Crippen molar-refractivity contribution >= 4 is 28.5 Å². The molecule has 0 radical (unpaired) electrons. The van der Waals surface area contributed by atoms with Gasteiger partial charge in [0.2, 0.25) is 5.91 Å². The van der Waals surface area contributed by atoms with Crippen LogP contribution >= 0.6 is 0 Å². The molecule has 2 aromatic carbocycles. The van der Waals surface area contributed by atoms with E-state index in [4.69, 9.17) is 9.47 Å². The van der Waals surface area contributed by atoms with E-state index in [2.05, 4.69) is 9.88 Å². The summed E-state index contributed by atoms with van der Waals surface area (Å²) >= 11 is 0. The summed E-state index contributed by atoms with van der Waals surface area (Å²) in [6, 6.07) is 13.3. The molecule has 0 saturated heterocycles. The molecule has 3 aromatic rings. The third-order valence-corrected chi connectivity index (χ3v) is 5.82. The molecule has 1 aliphatic rings. The van der Waals surface area contributed by atoms with Crippen LogP contribution in [0.3, 0.4) is 0 Å². The highest BCUT2D eigenvalue weighted by molar-refractivity contribution is 5.95. The standard InChI is InChI=1S/C24H26N2O4/c1-29-22-13-18(24(28)30-2)7-8-19(22)15-26-12-11-16-9-10-20(14-21(16)26)25-23(27)17-5-3-4-6-17/h7-14,17H,3-6,15H2,1-2H3,(H,25,27). The van der Waals surface area contributed by atoms with Gasteiger partial charge in [-0.05, 0) is 48.6 Å². The van der Waals surface area contributed by atoms with Gasteiger partial charge in [-0.1, -0.05) is 25.0 Å². The number of esters is 1. The number of benzene rings is 2. The SMILES string of the molecule is COC(=O)c1ccc(Cn2ccc3ccc(NC(=O)C4CCCC4)cc32)c(OC)c1. The molecule has 0 atom stereocenters. The molecule has 156 valence electrons. The zero-order valence-electron chi connectivity index (χ0n) is 17.3. The van der Waals surface area contributed by atoms with Crippen LogP contribution in [-0.2, 0) is 16.1 Å². The maximum absolute atomic E-state index is 12.5. The van der Waals surface area contributed by atoms with E-state index in [9.17, 15) is 9.59 Å². The summed E-state index contributed by atoms with van der Waals surface area (Å²) in [4.78, 5) is 24.3. The largest absolute Gasteiger partial charge is 0.496 e. The van der Waals surface area contributed by atoms with E-state index in [1.54, 1.807) is 19.2 Å². The highest BCUT2D eigenvalue weighted by Crippen LogP contribution is 2.28. The van der Waals surface area contributed by atoms with Crippen molar-refractivity contribution in [3.63, 3.8) is 0 Å². The van der Waals surface area contributed by atoms with Crippen molar-refractivity contribution in [1.82, 2.24) is 4.57 Å². The second kappa shape index (κ2) is 8.61. The lowest BCUT2D eigenvalue weighted by atomic mass is 10.1. The smallest absolute Gasteiger partial charge is 0.337 e. The van der Waals surface area contributed by atoms with Gasteiger partial charge in [-0.25, -0.2) is 4.79 Å². The Labute approximate surface area is 175 Å². The van der Waals surface area contributed by atoms with Crippen molar-refractivity contribution in [2.75, 3.05) is 19.5 Å². The number of carbonyl (C=O) groups is 2. The number of anilines is 1. The molecule has 1 heterocycles. The number of carbonyl (C=O) groups excluding carboxylic acids is 2. The number of fused-ring (bicyclic) bond motifs is 1. The van der Waals surface area contributed by atoms with Gasteiger partial charge in [-0.3, -0.25) is 4.79 Å². The van der Waals surface area contributed by atoms with E-state index in [1.807, 2.05) is 36.5 Å². The van der Waals surface area contributed by atoms with Crippen molar-refractivity contribution in [2.24, 2.45) is 5.92 Å². The maximum Gasteiger partial charge on any atom is 0.337 e. The van der Waals surface area contributed by atoms with Gasteiger partial charge in [0.1, 0.15) is 5.75 Å². The molecule has 1 saturated carbocycles. The van der Waals surface area contributed by atoms with Crippen LogP contribution in [0.15, 0.2) is 48.7 Å². The Balaban J connectivity index is 1.58. The van der Waals surface area contributed by atoms with Crippen LogP contribution in [-0.4, -0.2) is 30.7 Å². The Kier molecular flexibility index (Phi) is 5.74. The molecular formula is C24H26N2O4. The summed E-state index contributed by atoms with van der Waals surface area (Å²) in [7, 11) is 2.95. The van der Waals surface area contributed by atoms with Gasteiger partial charge in [0.15, 0.2) is 0 Å². The summed E-state index contributed by atoms with van der Waals surface area (Å²) in [5, 5.41) is 4.17. The normalized spacial score (nSPS) is 14.1. The highest BCUT2D eigenvalue weighted by atomic mass is 16.5. The number of nitrogens with zero attached hydrogens (tertiary/aromatic N) is 1. The molecule has 1 aromatic heterocycles. The van der Waals surface area contributed by atoms with E-state index in [-0.39, 0.29) is 11.8 Å². The first kappa shape index (κ1) is 20.0. The molecule has 30 heavy (non-hydrogen) atoms. The number of methoxy groups -OCH3 is 2. The Morgan fingerprint density at radius 1 is 1.07 bits per heavy atom. The highest BCUT2D eigenvalue weighted by Gasteiger charge is 2.22. The van der Waals surface area contributed by atoms with Crippen LogP contribution in [0, 0.1) is 5.92 Å². The molecule has 1 aliphatic carbocycles. The number of ether oxygens (including phenoxy) is 2.